The number of hydrogen-bond acceptors (Lipinski definition) is 8. The highest BCUT2D eigenvalue weighted by atomic mass is 35.5. The number of fused-ring (bicyclic) bond motifs is 2. The molecule has 0 unspecified atom stereocenters. The third kappa shape index (κ3) is 8.55. The highest BCUT2D eigenvalue weighted by molar-refractivity contribution is 7.84. The number of hydrogen-bond donors (Lipinski definition) is 1. The second-order valence-corrected chi connectivity index (χ2v) is 12.5. The molecule has 0 saturated carbocycles. The molecule has 18 heteroatoms. The maximum Gasteiger partial charge on any atom is 0.488 e. The average Bonchev–Trinajstić information content (AvgIpc) is 3.23. The van der Waals surface area contributed by atoms with Crippen molar-refractivity contribution in [3.8, 4) is 11.5 Å². The fourth-order valence-corrected chi connectivity index (χ4v) is 5.66. The molecule has 3 aromatic heterocycles. The van der Waals surface area contributed by atoms with Gasteiger partial charge in [-0.05, 0) is 50.2 Å². The van der Waals surface area contributed by atoms with E-state index in [1.807, 2.05) is 19.1 Å². The van der Waals surface area contributed by atoms with E-state index in [-0.39, 0.29) is 32.1 Å². The molecule has 0 fully saturated rings. The van der Waals surface area contributed by atoms with Gasteiger partial charge in [0.15, 0.2) is 11.5 Å². The molecule has 3 heterocycles. The standard InChI is InChI=1S/C10H6Cl2FNO3S.C10H7Cl2NO.C5H8FN2O2S/c1-5-2-3-6-7(11)4-8(12)10(9(6)14-5)17-18(13,15)16;1-5-2-3-6-7(11)4-8(12)10(14)9(6)13-5;1-5-7(2)3-4-8(5)11(6,9)10/h2-4H,1H3;2-4,14H,1H3;3-4H,1-2H3/q;;+1. The van der Waals surface area contributed by atoms with Crippen molar-refractivity contribution in [3.63, 3.8) is 0 Å². The zero-order chi connectivity index (χ0) is 32.4. The monoisotopic (exact) mass is 715 g/mol. The number of halogens is 6. The van der Waals surface area contributed by atoms with Crippen LogP contribution in [0.25, 0.3) is 21.8 Å². The Morgan fingerprint density at radius 3 is 1.74 bits per heavy atom. The second-order valence-electron chi connectivity index (χ2n) is 8.73. The van der Waals surface area contributed by atoms with Gasteiger partial charge in [-0.15, -0.1) is 0 Å². The van der Waals surface area contributed by atoms with E-state index in [0.29, 0.717) is 36.8 Å². The van der Waals surface area contributed by atoms with Crippen LogP contribution >= 0.6 is 46.4 Å². The van der Waals surface area contributed by atoms with E-state index < -0.39 is 20.9 Å². The predicted molar refractivity (Wildman–Crippen MR) is 161 cm³/mol. The Morgan fingerprint density at radius 1 is 0.814 bits per heavy atom. The first-order chi connectivity index (χ1) is 19.8. The highest BCUT2D eigenvalue weighted by Gasteiger charge is 2.22. The average molecular weight is 717 g/mol. The van der Waals surface area contributed by atoms with Crippen LogP contribution in [0, 0.1) is 20.8 Å². The Kier molecular flexibility index (Phi) is 10.7. The molecule has 0 aliphatic heterocycles. The number of phenols is 1. The fourth-order valence-electron chi connectivity index (χ4n) is 3.53. The number of imidazole rings is 1. The summed E-state index contributed by atoms with van der Waals surface area (Å²) in [6.07, 6.45) is 2.62. The Hall–Kier alpha value is -3.01. The van der Waals surface area contributed by atoms with E-state index in [1.165, 1.54) is 29.8 Å². The van der Waals surface area contributed by atoms with E-state index in [1.54, 1.807) is 26.1 Å². The number of aromatic nitrogens is 4. The van der Waals surface area contributed by atoms with Crippen molar-refractivity contribution in [1.29, 1.82) is 0 Å². The minimum absolute atomic E-state index is 0.0187. The van der Waals surface area contributed by atoms with Crippen molar-refractivity contribution in [1.82, 2.24) is 13.9 Å². The molecule has 0 spiro atoms. The van der Waals surface area contributed by atoms with Gasteiger partial charge in [-0.25, -0.2) is 14.5 Å². The number of benzene rings is 2. The van der Waals surface area contributed by atoms with Gasteiger partial charge < -0.3 is 9.29 Å². The summed E-state index contributed by atoms with van der Waals surface area (Å²) in [5, 5.41) is 11.6. The van der Waals surface area contributed by atoms with E-state index in [4.69, 9.17) is 46.4 Å². The number of rotatable bonds is 3. The molecule has 0 saturated heterocycles. The summed E-state index contributed by atoms with van der Waals surface area (Å²) in [6.45, 7) is 5.03. The van der Waals surface area contributed by atoms with Crippen LogP contribution in [0.1, 0.15) is 17.2 Å². The molecule has 0 bridgehead atoms. The van der Waals surface area contributed by atoms with Crippen LogP contribution in [0.3, 0.4) is 0 Å². The number of nitrogens with zero attached hydrogens (tertiary/aromatic N) is 4. The van der Waals surface area contributed by atoms with Gasteiger partial charge in [0.05, 0.1) is 27.1 Å². The summed E-state index contributed by atoms with van der Waals surface area (Å²) in [6, 6.07) is 9.72. The fraction of sp³-hybridized carbons (Fsp3) is 0.160. The van der Waals surface area contributed by atoms with Crippen molar-refractivity contribution in [2.45, 2.75) is 20.8 Å². The number of phenolic OH excluding ortho intramolecular Hbond substituents is 1. The molecule has 10 nitrogen and oxygen atoms in total. The van der Waals surface area contributed by atoms with E-state index in [0.717, 1.165) is 11.9 Å². The van der Waals surface area contributed by atoms with E-state index >= 15 is 0 Å². The first-order valence-corrected chi connectivity index (χ1v) is 15.8. The SMILES string of the molecule is Cc1ccc2c(Cl)cc(Cl)c(O)c2n1.Cc1ccc2c(Cl)cc(Cl)c(OS(=O)(=O)F)c2n1.Cc1n(S(=O)(=O)F)cc[n+]1C. The Morgan fingerprint density at radius 2 is 1.30 bits per heavy atom. The molecule has 1 N–H and O–H groups in total. The minimum Gasteiger partial charge on any atom is -0.504 e. The normalized spacial score (nSPS) is 11.5. The second kappa shape index (κ2) is 13.3. The molecule has 0 aliphatic carbocycles. The summed E-state index contributed by atoms with van der Waals surface area (Å²) in [5.41, 5.74) is 1.93. The van der Waals surface area contributed by atoms with Crippen LogP contribution in [-0.2, 0) is 28.0 Å². The summed E-state index contributed by atoms with van der Waals surface area (Å²) >= 11 is 23.4. The number of aromatic hydroxyl groups is 1. The van der Waals surface area contributed by atoms with Crippen molar-refractivity contribution >= 4 is 89.1 Å². The summed E-state index contributed by atoms with van der Waals surface area (Å²) < 4.78 is 73.0. The van der Waals surface area contributed by atoms with E-state index in [9.17, 15) is 29.7 Å². The maximum atomic E-state index is 12.6. The largest absolute Gasteiger partial charge is 0.504 e. The summed E-state index contributed by atoms with van der Waals surface area (Å²) in [7, 11) is -8.17. The minimum atomic E-state index is -5.18. The van der Waals surface area contributed by atoms with Crippen molar-refractivity contribution in [3.05, 3.63) is 86.1 Å². The topological polar surface area (TPSA) is 132 Å². The number of aryl methyl sites for hydroxylation is 3. The highest BCUT2D eigenvalue weighted by Crippen LogP contribution is 2.38. The lowest BCUT2D eigenvalue weighted by molar-refractivity contribution is -0.676. The zero-order valence-electron chi connectivity index (χ0n) is 22.5. The molecule has 5 rings (SSSR count). The Labute approximate surface area is 265 Å². The predicted octanol–water partition coefficient (Wildman–Crippen LogP) is 6.68. The quantitative estimate of drug-likeness (QED) is 0.162. The first-order valence-electron chi connectivity index (χ1n) is 11.6. The van der Waals surface area contributed by atoms with Crippen molar-refractivity contribution < 1.29 is 38.5 Å². The van der Waals surface area contributed by atoms with Gasteiger partial charge in [0.1, 0.15) is 23.4 Å². The molecule has 0 aliphatic rings. The smallest absolute Gasteiger partial charge is 0.488 e. The van der Waals surface area contributed by atoms with Gasteiger partial charge in [0.25, 0.3) is 5.82 Å². The third-order valence-electron chi connectivity index (χ3n) is 5.65. The van der Waals surface area contributed by atoms with Gasteiger partial charge in [-0.2, -0.15) is 16.8 Å². The lowest BCUT2D eigenvalue weighted by atomic mass is 10.2. The molecule has 2 aromatic carbocycles. The van der Waals surface area contributed by atoms with Crippen LogP contribution in [-0.4, -0.2) is 35.9 Å². The summed E-state index contributed by atoms with van der Waals surface area (Å²) in [4.78, 5) is 8.23. The molecule has 5 aromatic rings. The molecular weight excluding hydrogens is 696 g/mol. The Balaban J connectivity index is 0.000000182. The van der Waals surface area contributed by atoms with Gasteiger partial charge in [0, 0.05) is 29.1 Å². The van der Waals surface area contributed by atoms with Crippen LogP contribution in [0.4, 0.5) is 7.77 Å². The van der Waals surface area contributed by atoms with Gasteiger partial charge in [-0.3, -0.25) is 0 Å². The van der Waals surface area contributed by atoms with Crippen molar-refractivity contribution in [2.24, 2.45) is 7.05 Å². The molecule has 0 radical (unpaired) electrons. The Bertz CT molecular complexity index is 2080. The molecular formula is C25H21Cl4F2N4O6S2+. The van der Waals surface area contributed by atoms with Gasteiger partial charge in [-0.1, -0.05) is 58.1 Å². The lowest BCUT2D eigenvalue weighted by Gasteiger charge is -2.08. The molecule has 0 atom stereocenters. The van der Waals surface area contributed by atoms with Crippen LogP contribution in [0.2, 0.25) is 20.1 Å². The zero-order valence-corrected chi connectivity index (χ0v) is 27.1. The van der Waals surface area contributed by atoms with Crippen molar-refractivity contribution in [2.75, 3.05) is 0 Å². The first kappa shape index (κ1) is 34.5. The third-order valence-corrected chi connectivity index (χ3v) is 8.06. The number of pyridine rings is 2. The molecule has 0 amide bonds. The van der Waals surface area contributed by atoms with Crippen LogP contribution in [0.15, 0.2) is 48.8 Å². The van der Waals surface area contributed by atoms with Crippen LogP contribution in [0.5, 0.6) is 11.5 Å². The molecule has 230 valence electrons. The van der Waals surface area contributed by atoms with Crippen LogP contribution < -0.4 is 8.75 Å². The van der Waals surface area contributed by atoms with Gasteiger partial charge in [0.2, 0.25) is 0 Å². The van der Waals surface area contributed by atoms with E-state index in [2.05, 4.69) is 14.2 Å². The lowest BCUT2D eigenvalue weighted by Crippen LogP contribution is -2.30. The van der Waals surface area contributed by atoms with Gasteiger partial charge >= 0.3 is 20.9 Å². The maximum absolute atomic E-state index is 12.6. The summed E-state index contributed by atoms with van der Waals surface area (Å²) in [5.74, 6) is -0.0652. The molecule has 43 heavy (non-hydrogen) atoms.